The maximum Gasteiger partial charge on any atom is 0.274 e. The number of halogens is 1. The molecule has 1 aliphatic carbocycles. The molecule has 0 radical (unpaired) electrons. The lowest BCUT2D eigenvalue weighted by atomic mass is 9.79. The lowest BCUT2D eigenvalue weighted by Gasteiger charge is -2.37. The van der Waals surface area contributed by atoms with Crippen LogP contribution in [0.2, 0.25) is 0 Å². The van der Waals surface area contributed by atoms with Gasteiger partial charge in [-0.25, -0.2) is 0 Å². The number of amides is 1. The van der Waals surface area contributed by atoms with Gasteiger partial charge in [0.2, 0.25) is 0 Å². The number of nitrogens with zero attached hydrogens (tertiary/aromatic N) is 2. The predicted octanol–water partition coefficient (Wildman–Crippen LogP) is 2.17. The standard InChI is InChI=1S/C17H26N4O.ClH/c22-17(16-14-2-1-3-15(14)19-20-16)21-10-6-13(7-11-21)12-4-8-18-9-5-12;/h12-13,18H,1-11H2,(H,19,20);1H. The summed E-state index contributed by atoms with van der Waals surface area (Å²) in [5, 5.41) is 10.8. The van der Waals surface area contributed by atoms with Crippen molar-refractivity contribution in [2.24, 2.45) is 11.8 Å². The molecule has 0 unspecified atom stereocenters. The summed E-state index contributed by atoms with van der Waals surface area (Å²) in [6.45, 7) is 4.16. The number of hydrogen-bond acceptors (Lipinski definition) is 3. The van der Waals surface area contributed by atoms with Crippen LogP contribution >= 0.6 is 12.4 Å². The summed E-state index contributed by atoms with van der Waals surface area (Å²) < 4.78 is 0. The van der Waals surface area contributed by atoms with Gasteiger partial charge in [0.05, 0.1) is 0 Å². The number of nitrogens with one attached hydrogen (secondary N) is 2. The van der Waals surface area contributed by atoms with Gasteiger partial charge in [-0.2, -0.15) is 5.10 Å². The molecule has 23 heavy (non-hydrogen) atoms. The second-order valence-electron chi connectivity index (χ2n) is 7.10. The van der Waals surface area contributed by atoms with Gasteiger partial charge >= 0.3 is 0 Å². The first-order valence-corrected chi connectivity index (χ1v) is 8.89. The van der Waals surface area contributed by atoms with Gasteiger partial charge in [0, 0.05) is 24.3 Å². The number of carbonyl (C=O) groups excluding carboxylic acids is 1. The number of aromatic nitrogens is 2. The van der Waals surface area contributed by atoms with Gasteiger partial charge in [0.15, 0.2) is 5.69 Å². The van der Waals surface area contributed by atoms with Gasteiger partial charge in [0.25, 0.3) is 5.91 Å². The maximum absolute atomic E-state index is 12.7. The molecule has 2 saturated heterocycles. The quantitative estimate of drug-likeness (QED) is 0.868. The van der Waals surface area contributed by atoms with E-state index in [0.29, 0.717) is 5.69 Å². The van der Waals surface area contributed by atoms with Gasteiger partial charge in [-0.15, -0.1) is 12.4 Å². The highest BCUT2D eigenvalue weighted by molar-refractivity contribution is 5.94. The van der Waals surface area contributed by atoms with E-state index in [1.54, 1.807) is 0 Å². The maximum atomic E-state index is 12.7. The predicted molar refractivity (Wildman–Crippen MR) is 92.1 cm³/mol. The first-order valence-electron chi connectivity index (χ1n) is 8.89. The number of likely N-dealkylation sites (tertiary alicyclic amines) is 1. The summed E-state index contributed by atoms with van der Waals surface area (Å²) in [6, 6.07) is 0. The van der Waals surface area contributed by atoms with Crippen molar-refractivity contribution in [2.75, 3.05) is 26.2 Å². The Balaban J connectivity index is 0.00000156. The number of aromatic amines is 1. The summed E-state index contributed by atoms with van der Waals surface area (Å²) in [6.07, 6.45) is 8.18. The van der Waals surface area contributed by atoms with Crippen LogP contribution in [0.3, 0.4) is 0 Å². The fourth-order valence-corrected chi connectivity index (χ4v) is 4.54. The Morgan fingerprint density at radius 2 is 1.74 bits per heavy atom. The van der Waals surface area contributed by atoms with Crippen molar-refractivity contribution in [1.29, 1.82) is 0 Å². The van der Waals surface area contributed by atoms with Crippen LogP contribution in [0.1, 0.15) is 53.8 Å². The van der Waals surface area contributed by atoms with E-state index in [4.69, 9.17) is 0 Å². The zero-order valence-corrected chi connectivity index (χ0v) is 14.5. The number of rotatable bonds is 2. The zero-order chi connectivity index (χ0) is 14.9. The van der Waals surface area contributed by atoms with Crippen LogP contribution in [0.25, 0.3) is 0 Å². The largest absolute Gasteiger partial charge is 0.337 e. The van der Waals surface area contributed by atoms with Gasteiger partial charge in [-0.1, -0.05) is 0 Å². The van der Waals surface area contributed by atoms with E-state index >= 15 is 0 Å². The zero-order valence-electron chi connectivity index (χ0n) is 13.6. The van der Waals surface area contributed by atoms with Crippen LogP contribution < -0.4 is 5.32 Å². The third kappa shape index (κ3) is 3.26. The minimum atomic E-state index is 0. The minimum absolute atomic E-state index is 0. The molecule has 128 valence electrons. The van der Waals surface area contributed by atoms with Crippen molar-refractivity contribution >= 4 is 18.3 Å². The van der Waals surface area contributed by atoms with Crippen molar-refractivity contribution in [3.63, 3.8) is 0 Å². The molecule has 0 aromatic carbocycles. The van der Waals surface area contributed by atoms with E-state index in [-0.39, 0.29) is 18.3 Å². The fourth-order valence-electron chi connectivity index (χ4n) is 4.54. The molecule has 0 atom stereocenters. The van der Waals surface area contributed by atoms with Crippen molar-refractivity contribution in [1.82, 2.24) is 20.4 Å². The molecule has 3 heterocycles. The van der Waals surface area contributed by atoms with E-state index in [2.05, 4.69) is 15.5 Å². The number of carbonyl (C=O) groups is 1. The highest BCUT2D eigenvalue weighted by Crippen LogP contribution is 2.32. The highest BCUT2D eigenvalue weighted by atomic mass is 35.5. The molecular weight excluding hydrogens is 312 g/mol. The van der Waals surface area contributed by atoms with Crippen molar-refractivity contribution in [3.8, 4) is 0 Å². The summed E-state index contributed by atoms with van der Waals surface area (Å²) in [5.74, 6) is 1.84. The normalized spacial score (nSPS) is 22.7. The highest BCUT2D eigenvalue weighted by Gasteiger charge is 2.32. The Hall–Kier alpha value is -1.07. The Labute approximate surface area is 144 Å². The average Bonchev–Trinajstić information content (AvgIpc) is 3.18. The summed E-state index contributed by atoms with van der Waals surface area (Å²) in [7, 11) is 0. The van der Waals surface area contributed by atoms with E-state index < -0.39 is 0 Å². The summed E-state index contributed by atoms with van der Waals surface area (Å²) >= 11 is 0. The van der Waals surface area contributed by atoms with Gasteiger partial charge < -0.3 is 10.2 Å². The topological polar surface area (TPSA) is 61.0 Å². The molecule has 3 aliphatic rings. The van der Waals surface area contributed by atoms with Crippen molar-refractivity contribution in [3.05, 3.63) is 17.0 Å². The van der Waals surface area contributed by atoms with Crippen LogP contribution in [0.5, 0.6) is 0 Å². The van der Waals surface area contributed by atoms with Crippen LogP contribution in [0.4, 0.5) is 0 Å². The lowest BCUT2D eigenvalue weighted by Crippen LogP contribution is -2.42. The van der Waals surface area contributed by atoms with E-state index in [1.807, 2.05) is 4.90 Å². The smallest absolute Gasteiger partial charge is 0.274 e. The van der Waals surface area contributed by atoms with Crippen LogP contribution in [-0.4, -0.2) is 47.2 Å². The summed E-state index contributed by atoms with van der Waals surface area (Å²) in [5.41, 5.74) is 3.08. The Morgan fingerprint density at radius 3 is 2.48 bits per heavy atom. The third-order valence-electron chi connectivity index (χ3n) is 5.89. The molecule has 4 rings (SSSR count). The van der Waals surface area contributed by atoms with Crippen LogP contribution in [0.15, 0.2) is 0 Å². The van der Waals surface area contributed by atoms with Gasteiger partial charge in [0.1, 0.15) is 0 Å². The number of H-pyrrole nitrogens is 1. The van der Waals surface area contributed by atoms with Crippen molar-refractivity contribution in [2.45, 2.75) is 44.9 Å². The first kappa shape index (κ1) is 16.8. The van der Waals surface area contributed by atoms with E-state index in [0.717, 1.165) is 44.2 Å². The second kappa shape index (κ2) is 7.22. The summed E-state index contributed by atoms with van der Waals surface area (Å²) in [4.78, 5) is 14.8. The molecule has 1 aromatic heterocycles. The van der Waals surface area contributed by atoms with Crippen molar-refractivity contribution < 1.29 is 4.79 Å². The number of aryl methyl sites for hydroxylation is 1. The van der Waals surface area contributed by atoms with E-state index in [1.165, 1.54) is 50.0 Å². The molecular formula is C17H27ClN4O. The van der Waals surface area contributed by atoms with Crippen LogP contribution in [-0.2, 0) is 12.8 Å². The molecule has 2 aliphatic heterocycles. The molecule has 1 amide bonds. The molecule has 2 fully saturated rings. The van der Waals surface area contributed by atoms with Gasteiger partial charge in [-0.05, 0) is 69.9 Å². The molecule has 0 saturated carbocycles. The Kier molecular flexibility index (Phi) is 5.27. The first-order chi connectivity index (χ1) is 10.8. The molecule has 6 heteroatoms. The molecule has 0 bridgehead atoms. The second-order valence-corrected chi connectivity index (χ2v) is 7.10. The lowest BCUT2D eigenvalue weighted by molar-refractivity contribution is 0.0635. The SMILES string of the molecule is Cl.O=C(c1n[nH]c2c1CCC2)N1CCC(C2CCNCC2)CC1. The minimum Gasteiger partial charge on any atom is -0.337 e. The Bertz CT molecular complexity index is 545. The molecule has 1 aromatic rings. The molecule has 0 spiro atoms. The third-order valence-corrected chi connectivity index (χ3v) is 5.89. The molecule has 5 nitrogen and oxygen atoms in total. The number of hydrogen-bond donors (Lipinski definition) is 2. The fraction of sp³-hybridized carbons (Fsp3) is 0.765. The van der Waals surface area contributed by atoms with E-state index in [9.17, 15) is 4.79 Å². The number of fused-ring (bicyclic) bond motifs is 1. The molecule has 2 N–H and O–H groups in total. The van der Waals surface area contributed by atoms with Crippen LogP contribution in [0, 0.1) is 11.8 Å². The Morgan fingerprint density at radius 1 is 1.04 bits per heavy atom. The number of piperidine rings is 2. The van der Waals surface area contributed by atoms with Gasteiger partial charge in [-0.3, -0.25) is 9.89 Å². The average molecular weight is 339 g/mol. The monoisotopic (exact) mass is 338 g/mol.